The minimum Gasteiger partial charge on any atom is -0.357 e. The lowest BCUT2D eigenvalue weighted by atomic mass is 10.0. The lowest BCUT2D eigenvalue weighted by molar-refractivity contribution is 0.407. The molecule has 0 saturated carbocycles. The molecule has 1 fully saturated rings. The fourth-order valence-corrected chi connectivity index (χ4v) is 3.07. The summed E-state index contributed by atoms with van der Waals surface area (Å²) in [4.78, 5) is 6.85. The summed E-state index contributed by atoms with van der Waals surface area (Å²) < 4.78 is 0. The molecular formula is C18H31N3. The van der Waals surface area contributed by atoms with Crippen LogP contribution in [0.2, 0.25) is 0 Å². The van der Waals surface area contributed by atoms with Crippen molar-refractivity contribution in [3.63, 3.8) is 0 Å². The first-order chi connectivity index (χ1) is 10.4. The Kier molecular flexibility index (Phi) is 7.58. The van der Waals surface area contributed by atoms with Crippen LogP contribution in [0.3, 0.4) is 0 Å². The molecule has 0 bridgehead atoms. The number of piperidine rings is 1. The number of pyridine rings is 1. The summed E-state index contributed by atoms with van der Waals surface area (Å²) >= 11 is 0. The minimum absolute atomic E-state index is 0.709. The zero-order valence-electron chi connectivity index (χ0n) is 13.6. The molecule has 1 aliphatic heterocycles. The normalized spacial score (nSPS) is 16.3. The Balaban J connectivity index is 1.53. The molecule has 2 rings (SSSR count). The zero-order valence-corrected chi connectivity index (χ0v) is 13.6. The van der Waals surface area contributed by atoms with Gasteiger partial charge in [-0.2, -0.15) is 0 Å². The van der Waals surface area contributed by atoms with Crippen molar-refractivity contribution in [3.05, 3.63) is 24.4 Å². The van der Waals surface area contributed by atoms with Gasteiger partial charge < -0.3 is 10.2 Å². The molecule has 3 nitrogen and oxygen atoms in total. The Labute approximate surface area is 130 Å². The van der Waals surface area contributed by atoms with E-state index in [4.69, 9.17) is 0 Å². The highest BCUT2D eigenvalue weighted by atomic mass is 15.2. The summed E-state index contributed by atoms with van der Waals surface area (Å²) in [5.41, 5.74) is 0. The summed E-state index contributed by atoms with van der Waals surface area (Å²) in [6, 6.07) is 6.88. The fraction of sp³-hybridized carbons (Fsp3) is 0.722. The molecule has 0 aliphatic carbocycles. The second kappa shape index (κ2) is 9.78. The van der Waals surface area contributed by atoms with Gasteiger partial charge in [0.1, 0.15) is 5.82 Å². The predicted molar refractivity (Wildman–Crippen MR) is 90.9 cm³/mol. The average Bonchev–Trinajstić information content (AvgIpc) is 2.55. The number of nitrogens with zero attached hydrogens (tertiary/aromatic N) is 2. The largest absolute Gasteiger partial charge is 0.357 e. The van der Waals surface area contributed by atoms with Crippen molar-refractivity contribution in [3.8, 4) is 0 Å². The molecule has 0 radical (unpaired) electrons. The third-order valence-electron chi connectivity index (χ3n) is 4.43. The molecule has 1 aromatic heterocycles. The van der Waals surface area contributed by atoms with Gasteiger partial charge in [-0.1, -0.05) is 45.1 Å². The topological polar surface area (TPSA) is 28.2 Å². The molecule has 0 spiro atoms. The number of hydrogen-bond acceptors (Lipinski definition) is 3. The van der Waals surface area contributed by atoms with E-state index in [0.717, 1.165) is 18.9 Å². The van der Waals surface area contributed by atoms with Crippen LogP contribution in [0.15, 0.2) is 24.4 Å². The molecule has 0 atom stereocenters. The fourth-order valence-electron chi connectivity index (χ4n) is 3.07. The van der Waals surface area contributed by atoms with Crippen LogP contribution in [0.25, 0.3) is 0 Å². The molecule has 1 aromatic rings. The van der Waals surface area contributed by atoms with Gasteiger partial charge in [-0.05, 0) is 37.9 Å². The Morgan fingerprint density at radius 2 is 1.86 bits per heavy atom. The molecule has 3 heteroatoms. The second-order valence-electron chi connectivity index (χ2n) is 6.17. The molecule has 1 aliphatic rings. The smallest absolute Gasteiger partial charge is 0.128 e. The molecule has 118 valence electrons. The van der Waals surface area contributed by atoms with Crippen LogP contribution in [-0.4, -0.2) is 30.7 Å². The van der Waals surface area contributed by atoms with Crippen molar-refractivity contribution in [2.24, 2.45) is 0 Å². The van der Waals surface area contributed by atoms with Gasteiger partial charge in [-0.25, -0.2) is 4.98 Å². The number of aromatic nitrogens is 1. The van der Waals surface area contributed by atoms with Crippen molar-refractivity contribution < 1.29 is 0 Å². The molecule has 21 heavy (non-hydrogen) atoms. The van der Waals surface area contributed by atoms with Gasteiger partial charge in [0.25, 0.3) is 0 Å². The van der Waals surface area contributed by atoms with Crippen molar-refractivity contribution in [1.82, 2.24) is 10.3 Å². The van der Waals surface area contributed by atoms with E-state index in [1.807, 2.05) is 12.3 Å². The maximum Gasteiger partial charge on any atom is 0.128 e. The first-order valence-corrected chi connectivity index (χ1v) is 8.79. The van der Waals surface area contributed by atoms with Crippen LogP contribution in [-0.2, 0) is 0 Å². The van der Waals surface area contributed by atoms with Gasteiger partial charge in [0.15, 0.2) is 0 Å². The molecule has 0 amide bonds. The third-order valence-corrected chi connectivity index (χ3v) is 4.43. The lowest BCUT2D eigenvalue weighted by Gasteiger charge is -2.33. The second-order valence-corrected chi connectivity index (χ2v) is 6.17. The Bertz CT molecular complexity index is 358. The highest BCUT2D eigenvalue weighted by Gasteiger charge is 2.19. The highest BCUT2D eigenvalue weighted by Crippen LogP contribution is 2.17. The van der Waals surface area contributed by atoms with Crippen LogP contribution in [0.1, 0.15) is 58.3 Å². The molecule has 1 saturated heterocycles. The SMILES string of the molecule is CCCCCCCCNC1CCN(c2ccccn2)CC1. The van der Waals surface area contributed by atoms with Crippen LogP contribution >= 0.6 is 0 Å². The lowest BCUT2D eigenvalue weighted by Crippen LogP contribution is -2.43. The van der Waals surface area contributed by atoms with Crippen molar-refractivity contribution in [2.45, 2.75) is 64.3 Å². The van der Waals surface area contributed by atoms with E-state index in [1.54, 1.807) is 0 Å². The summed E-state index contributed by atoms with van der Waals surface area (Å²) in [6.45, 7) is 5.73. The van der Waals surface area contributed by atoms with Gasteiger partial charge in [-0.15, -0.1) is 0 Å². The maximum absolute atomic E-state index is 4.44. The first-order valence-electron chi connectivity index (χ1n) is 8.79. The number of anilines is 1. The van der Waals surface area contributed by atoms with Gasteiger partial charge in [0, 0.05) is 25.3 Å². The number of hydrogen-bond donors (Lipinski definition) is 1. The summed E-state index contributed by atoms with van der Waals surface area (Å²) in [7, 11) is 0. The van der Waals surface area contributed by atoms with E-state index < -0.39 is 0 Å². The standard InChI is InChI=1S/C18H31N3/c1-2-3-4-5-6-8-13-19-17-11-15-21(16-12-17)18-10-7-9-14-20-18/h7,9-10,14,17,19H,2-6,8,11-13,15-16H2,1H3. The van der Waals surface area contributed by atoms with E-state index in [-0.39, 0.29) is 0 Å². The van der Waals surface area contributed by atoms with Crippen LogP contribution in [0, 0.1) is 0 Å². The van der Waals surface area contributed by atoms with Gasteiger partial charge >= 0.3 is 0 Å². The summed E-state index contributed by atoms with van der Waals surface area (Å²) in [5.74, 6) is 1.13. The van der Waals surface area contributed by atoms with Gasteiger partial charge in [0.2, 0.25) is 0 Å². The Hall–Kier alpha value is -1.09. The highest BCUT2D eigenvalue weighted by molar-refractivity contribution is 5.38. The average molecular weight is 289 g/mol. The minimum atomic E-state index is 0.709. The van der Waals surface area contributed by atoms with Crippen LogP contribution in [0.5, 0.6) is 0 Å². The number of rotatable bonds is 9. The molecule has 1 N–H and O–H groups in total. The van der Waals surface area contributed by atoms with E-state index in [0.29, 0.717) is 6.04 Å². The molecular weight excluding hydrogens is 258 g/mol. The van der Waals surface area contributed by atoms with Crippen LogP contribution < -0.4 is 10.2 Å². The summed E-state index contributed by atoms with van der Waals surface area (Å²) in [5, 5.41) is 3.74. The Morgan fingerprint density at radius 3 is 2.57 bits per heavy atom. The maximum atomic E-state index is 4.44. The van der Waals surface area contributed by atoms with E-state index >= 15 is 0 Å². The first kappa shape index (κ1) is 16.3. The quantitative estimate of drug-likeness (QED) is 0.696. The number of unbranched alkanes of at least 4 members (excludes halogenated alkanes) is 5. The van der Waals surface area contributed by atoms with Gasteiger partial charge in [0.05, 0.1) is 0 Å². The third kappa shape index (κ3) is 6.04. The van der Waals surface area contributed by atoms with Crippen LogP contribution in [0.4, 0.5) is 5.82 Å². The van der Waals surface area contributed by atoms with E-state index in [1.165, 1.54) is 57.9 Å². The van der Waals surface area contributed by atoms with Gasteiger partial charge in [-0.3, -0.25) is 0 Å². The summed E-state index contributed by atoms with van der Waals surface area (Å²) in [6.07, 6.45) is 12.7. The molecule has 2 heterocycles. The van der Waals surface area contributed by atoms with Crippen molar-refractivity contribution >= 4 is 5.82 Å². The predicted octanol–water partition coefficient (Wildman–Crippen LogP) is 4.00. The monoisotopic (exact) mass is 289 g/mol. The van der Waals surface area contributed by atoms with E-state index in [9.17, 15) is 0 Å². The Morgan fingerprint density at radius 1 is 1.10 bits per heavy atom. The van der Waals surface area contributed by atoms with Crippen molar-refractivity contribution in [1.29, 1.82) is 0 Å². The number of nitrogens with one attached hydrogen (secondary N) is 1. The molecule has 0 unspecified atom stereocenters. The van der Waals surface area contributed by atoms with Crippen molar-refractivity contribution in [2.75, 3.05) is 24.5 Å². The molecule has 0 aromatic carbocycles. The van der Waals surface area contributed by atoms with E-state index in [2.05, 4.69) is 34.3 Å². The zero-order chi connectivity index (χ0) is 14.8.